The van der Waals surface area contributed by atoms with E-state index in [1.54, 1.807) is 7.11 Å². The first-order chi connectivity index (χ1) is 10.5. The molecular weight excluding hydrogens is 272 g/mol. The highest BCUT2D eigenvalue weighted by atomic mass is 16.5. The largest absolute Gasteiger partial charge is 0.497 e. The summed E-state index contributed by atoms with van der Waals surface area (Å²) in [6.45, 7) is 6.64. The molecule has 0 saturated heterocycles. The van der Waals surface area contributed by atoms with Crippen LogP contribution in [-0.2, 0) is 12.0 Å². The molecule has 0 heterocycles. The molecule has 3 aliphatic carbocycles. The van der Waals surface area contributed by atoms with Crippen LogP contribution in [0.3, 0.4) is 0 Å². The Hall–Kier alpha value is -1.28. The molecule has 2 heteroatoms. The zero-order valence-corrected chi connectivity index (χ0v) is 13.4. The van der Waals surface area contributed by atoms with Gasteiger partial charge >= 0.3 is 0 Å². The number of ether oxygens (including phenoxy) is 1. The second-order valence-electron chi connectivity index (χ2n) is 7.45. The summed E-state index contributed by atoms with van der Waals surface area (Å²) in [6.07, 6.45) is 8.52. The topological polar surface area (TPSA) is 29.5 Å². The quantitative estimate of drug-likeness (QED) is 0.798. The van der Waals surface area contributed by atoms with Crippen molar-refractivity contribution in [3.05, 3.63) is 54.3 Å². The number of hydrogen-bond donors (Lipinski definition) is 1. The number of aliphatic hydroxyl groups is 1. The lowest BCUT2D eigenvalue weighted by Gasteiger charge is -2.53. The van der Waals surface area contributed by atoms with E-state index < -0.39 is 5.60 Å². The number of rotatable bonds is 1. The minimum atomic E-state index is -0.814. The lowest BCUT2D eigenvalue weighted by Crippen LogP contribution is -2.51. The van der Waals surface area contributed by atoms with E-state index in [1.807, 2.05) is 6.07 Å². The molecule has 1 aromatic rings. The van der Waals surface area contributed by atoms with Crippen LogP contribution in [0.4, 0.5) is 0 Å². The molecule has 2 nitrogen and oxygen atoms in total. The van der Waals surface area contributed by atoms with Crippen LogP contribution >= 0.6 is 0 Å². The molecule has 0 spiro atoms. The first-order valence-electron chi connectivity index (χ1n) is 8.24. The van der Waals surface area contributed by atoms with Crippen LogP contribution in [0.1, 0.15) is 37.3 Å². The van der Waals surface area contributed by atoms with Gasteiger partial charge in [-0.05, 0) is 79.0 Å². The summed E-state index contributed by atoms with van der Waals surface area (Å²) in [5.41, 5.74) is 2.97. The Morgan fingerprint density at radius 1 is 1.32 bits per heavy atom. The second kappa shape index (κ2) is 4.61. The summed E-state index contributed by atoms with van der Waals surface area (Å²) in [6, 6.07) is 6.11. The molecule has 2 fully saturated rings. The summed E-state index contributed by atoms with van der Waals surface area (Å²) < 4.78 is 5.34. The van der Waals surface area contributed by atoms with Gasteiger partial charge < -0.3 is 9.84 Å². The van der Waals surface area contributed by atoms with E-state index in [2.05, 4.69) is 38.5 Å². The van der Waals surface area contributed by atoms with Gasteiger partial charge in [-0.1, -0.05) is 25.1 Å². The Balaban J connectivity index is 1.79. The molecule has 3 aliphatic rings. The first-order valence-corrected chi connectivity index (χ1v) is 8.24. The van der Waals surface area contributed by atoms with Crippen molar-refractivity contribution >= 4 is 0 Å². The van der Waals surface area contributed by atoms with Crippen LogP contribution in [-0.4, -0.2) is 12.2 Å². The summed E-state index contributed by atoms with van der Waals surface area (Å²) >= 11 is 0. The van der Waals surface area contributed by atoms with E-state index in [0.29, 0.717) is 5.92 Å². The third-order valence-electron chi connectivity index (χ3n) is 6.27. The predicted octanol–water partition coefficient (Wildman–Crippen LogP) is 3.84. The van der Waals surface area contributed by atoms with E-state index in [1.165, 1.54) is 11.1 Å². The third-order valence-corrected chi connectivity index (χ3v) is 6.27. The van der Waals surface area contributed by atoms with Gasteiger partial charge in [-0.3, -0.25) is 0 Å². The van der Waals surface area contributed by atoms with Crippen molar-refractivity contribution in [3.8, 4) is 5.75 Å². The van der Waals surface area contributed by atoms with Crippen LogP contribution in [0.5, 0.6) is 5.75 Å². The monoisotopic (exact) mass is 296 g/mol. The summed E-state index contributed by atoms with van der Waals surface area (Å²) in [7, 11) is 1.69. The van der Waals surface area contributed by atoms with Gasteiger partial charge in [-0.15, -0.1) is 0 Å². The van der Waals surface area contributed by atoms with E-state index in [-0.39, 0.29) is 11.3 Å². The minimum absolute atomic E-state index is 0.179. The molecule has 22 heavy (non-hydrogen) atoms. The summed E-state index contributed by atoms with van der Waals surface area (Å²) in [5, 5.41) is 11.5. The van der Waals surface area contributed by atoms with Crippen LogP contribution < -0.4 is 4.74 Å². The molecule has 4 atom stereocenters. The van der Waals surface area contributed by atoms with Gasteiger partial charge in [0.15, 0.2) is 0 Å². The third kappa shape index (κ3) is 1.76. The highest BCUT2D eigenvalue weighted by Crippen LogP contribution is 2.62. The van der Waals surface area contributed by atoms with Gasteiger partial charge in [-0.2, -0.15) is 0 Å². The highest BCUT2D eigenvalue weighted by Gasteiger charge is 2.58. The predicted molar refractivity (Wildman–Crippen MR) is 87.3 cm³/mol. The number of methoxy groups -OCH3 is 1. The number of benzene rings is 1. The molecule has 0 aromatic heterocycles. The maximum absolute atomic E-state index is 11.5. The van der Waals surface area contributed by atoms with Gasteiger partial charge in [0.2, 0.25) is 0 Å². The van der Waals surface area contributed by atoms with Crippen LogP contribution in [0.25, 0.3) is 0 Å². The molecule has 1 aromatic carbocycles. The highest BCUT2D eigenvalue weighted by molar-refractivity contribution is 5.45. The maximum Gasteiger partial charge on any atom is 0.119 e. The zero-order chi connectivity index (χ0) is 15.5. The Morgan fingerprint density at radius 2 is 2.14 bits per heavy atom. The van der Waals surface area contributed by atoms with Crippen molar-refractivity contribution in [1.29, 1.82) is 0 Å². The van der Waals surface area contributed by atoms with Crippen molar-refractivity contribution in [2.45, 2.75) is 38.2 Å². The molecule has 116 valence electrons. The zero-order valence-electron chi connectivity index (χ0n) is 13.4. The molecule has 0 unspecified atom stereocenters. The van der Waals surface area contributed by atoms with Gasteiger partial charge in [-0.25, -0.2) is 0 Å². The molecule has 1 N–H and O–H groups in total. The Kier molecular flexibility index (Phi) is 3.00. The summed E-state index contributed by atoms with van der Waals surface area (Å²) in [5.74, 6) is 1.52. The van der Waals surface area contributed by atoms with Crippen molar-refractivity contribution in [1.82, 2.24) is 0 Å². The van der Waals surface area contributed by atoms with Crippen molar-refractivity contribution < 1.29 is 9.84 Å². The normalized spacial score (nSPS) is 39.9. The number of hydrogen-bond acceptors (Lipinski definition) is 2. The fourth-order valence-electron chi connectivity index (χ4n) is 5.12. The number of allylic oxidation sites excluding steroid dienone is 1. The minimum Gasteiger partial charge on any atom is -0.497 e. The lowest BCUT2D eigenvalue weighted by molar-refractivity contribution is -0.0718. The number of fused-ring (bicyclic) bond motifs is 5. The Bertz CT molecular complexity index is 635. The Labute approximate surface area is 133 Å². The van der Waals surface area contributed by atoms with Gasteiger partial charge in [0.1, 0.15) is 5.75 Å². The van der Waals surface area contributed by atoms with Crippen LogP contribution in [0, 0.1) is 30.1 Å². The molecule has 2 radical (unpaired) electrons. The summed E-state index contributed by atoms with van der Waals surface area (Å²) in [4.78, 5) is 0. The van der Waals surface area contributed by atoms with E-state index >= 15 is 0 Å². The molecule has 4 rings (SSSR count). The van der Waals surface area contributed by atoms with Gasteiger partial charge in [0, 0.05) is 0 Å². The smallest absolute Gasteiger partial charge is 0.119 e. The molecule has 0 aliphatic heterocycles. The van der Waals surface area contributed by atoms with Crippen molar-refractivity contribution in [2.24, 2.45) is 17.3 Å². The molecule has 0 bridgehead atoms. The average Bonchev–Trinajstić information content (AvgIpc) is 2.83. The van der Waals surface area contributed by atoms with Gasteiger partial charge in [0.05, 0.1) is 12.7 Å². The Morgan fingerprint density at radius 3 is 2.91 bits per heavy atom. The second-order valence-corrected chi connectivity index (χ2v) is 7.45. The van der Waals surface area contributed by atoms with Gasteiger partial charge in [0.25, 0.3) is 0 Å². The fraction of sp³-hybridized carbons (Fsp3) is 0.500. The molecular formula is C20H24O2. The van der Waals surface area contributed by atoms with Crippen molar-refractivity contribution in [2.75, 3.05) is 7.11 Å². The van der Waals surface area contributed by atoms with Crippen molar-refractivity contribution in [3.63, 3.8) is 0 Å². The van der Waals surface area contributed by atoms with E-state index in [9.17, 15) is 5.11 Å². The average molecular weight is 296 g/mol. The SMILES string of the molecule is C=C1C[CH][C@@]2(C)C[CH][C@]3(O)c4ccc(OC)cc4CC[C@@H]3[C@H]12. The fourth-order valence-corrected chi connectivity index (χ4v) is 5.12. The standard InChI is InChI=1S/C20H24O2/c1-13-8-9-19(2)10-11-20(21)16-7-5-15(22-3)12-14(16)4-6-17(20)18(13)19/h5,7,9,11-12,17-18,21H,1,4,6,8,10H2,2-3H3/t17-,18+,19+,20+/m1/s1. The van der Waals surface area contributed by atoms with Crippen LogP contribution in [0.15, 0.2) is 30.4 Å². The lowest BCUT2D eigenvalue weighted by atomic mass is 9.53. The van der Waals surface area contributed by atoms with E-state index in [0.717, 1.165) is 37.0 Å². The van der Waals surface area contributed by atoms with Crippen LogP contribution in [0.2, 0.25) is 0 Å². The maximum atomic E-state index is 11.5. The number of aryl methyl sites for hydroxylation is 1. The molecule has 0 amide bonds. The van der Waals surface area contributed by atoms with E-state index in [4.69, 9.17) is 4.74 Å². The molecule has 2 saturated carbocycles. The first kappa shape index (κ1) is 14.3.